The van der Waals surface area contributed by atoms with Crippen LogP contribution >= 0.6 is 0 Å². The molecule has 2 heterocycles. The van der Waals surface area contributed by atoms with Gasteiger partial charge in [0.15, 0.2) is 0 Å². The molecular weight excluding hydrogens is 272 g/mol. The molecule has 21 heavy (non-hydrogen) atoms. The summed E-state index contributed by atoms with van der Waals surface area (Å²) in [5.41, 5.74) is 0.553. The summed E-state index contributed by atoms with van der Waals surface area (Å²) in [7, 11) is 1.99. The molecule has 0 N–H and O–H groups in total. The van der Waals surface area contributed by atoms with E-state index in [0.29, 0.717) is 17.9 Å². The summed E-state index contributed by atoms with van der Waals surface area (Å²) in [5, 5.41) is 0.589. The molecule has 0 aliphatic carbocycles. The van der Waals surface area contributed by atoms with Crippen molar-refractivity contribution in [3.63, 3.8) is 0 Å². The van der Waals surface area contributed by atoms with Crippen LogP contribution in [0.3, 0.4) is 0 Å². The number of amides is 2. The Balaban J connectivity index is 1.70. The van der Waals surface area contributed by atoms with E-state index in [0.717, 1.165) is 13.1 Å². The number of likely N-dealkylation sites (tertiary alicyclic amines) is 1. The maximum atomic E-state index is 12.1. The summed E-state index contributed by atoms with van der Waals surface area (Å²) in [5.74, 6) is -1.91. The molecular formula is C15H16N2O4. The number of fused-ring (bicyclic) bond motifs is 1. The minimum absolute atomic E-state index is 0.259. The van der Waals surface area contributed by atoms with Crippen molar-refractivity contribution in [2.45, 2.75) is 12.8 Å². The van der Waals surface area contributed by atoms with Gasteiger partial charge in [-0.3, -0.25) is 9.59 Å². The van der Waals surface area contributed by atoms with Crippen LogP contribution in [0.15, 0.2) is 24.3 Å². The molecule has 6 heteroatoms. The second-order valence-electron chi connectivity index (χ2n) is 5.44. The summed E-state index contributed by atoms with van der Waals surface area (Å²) in [6.07, 6.45) is 1.36. The minimum Gasteiger partial charge on any atom is -0.329 e. The van der Waals surface area contributed by atoms with Gasteiger partial charge in [0.1, 0.15) is 0 Å². The number of nitrogens with zero attached hydrogens (tertiary/aromatic N) is 2. The lowest BCUT2D eigenvalue weighted by Gasteiger charge is -2.27. The average Bonchev–Trinajstić information content (AvgIpc) is 2.73. The Morgan fingerprint density at radius 1 is 1.10 bits per heavy atom. The van der Waals surface area contributed by atoms with Gasteiger partial charge in [0.05, 0.1) is 17.0 Å². The third-order valence-corrected chi connectivity index (χ3v) is 3.99. The van der Waals surface area contributed by atoms with Crippen LogP contribution in [0.2, 0.25) is 0 Å². The second-order valence-corrected chi connectivity index (χ2v) is 5.44. The Kier molecular flexibility index (Phi) is 3.47. The Labute approximate surface area is 122 Å². The molecule has 2 amide bonds. The largest absolute Gasteiger partial charge is 0.336 e. The van der Waals surface area contributed by atoms with E-state index in [1.54, 1.807) is 24.3 Å². The highest BCUT2D eigenvalue weighted by Crippen LogP contribution is 2.25. The first kappa shape index (κ1) is 13.8. The van der Waals surface area contributed by atoms with Crippen LogP contribution in [-0.4, -0.2) is 47.9 Å². The summed E-state index contributed by atoms with van der Waals surface area (Å²) in [4.78, 5) is 43.5. The third-order valence-electron chi connectivity index (χ3n) is 3.99. The van der Waals surface area contributed by atoms with Crippen LogP contribution in [0.4, 0.5) is 0 Å². The second kappa shape index (κ2) is 5.29. The fraction of sp³-hybridized carbons (Fsp3) is 0.400. The predicted octanol–water partition coefficient (Wildman–Crippen LogP) is 1.08. The molecule has 2 aliphatic heterocycles. The molecule has 0 unspecified atom stereocenters. The summed E-state index contributed by atoms with van der Waals surface area (Å²) >= 11 is 0. The molecule has 2 aliphatic rings. The number of hydroxylamine groups is 2. The molecule has 0 bridgehead atoms. The first-order valence-corrected chi connectivity index (χ1v) is 6.96. The van der Waals surface area contributed by atoms with Gasteiger partial charge in [-0.15, -0.1) is 0 Å². The van der Waals surface area contributed by atoms with Crippen molar-refractivity contribution in [1.82, 2.24) is 9.96 Å². The summed E-state index contributed by atoms with van der Waals surface area (Å²) < 4.78 is 0. The molecule has 1 aromatic carbocycles. The molecule has 110 valence electrons. The lowest BCUT2D eigenvalue weighted by Crippen LogP contribution is -2.39. The van der Waals surface area contributed by atoms with Crippen LogP contribution < -0.4 is 0 Å². The number of rotatable bonds is 2. The van der Waals surface area contributed by atoms with Crippen molar-refractivity contribution < 1.29 is 19.2 Å². The first-order chi connectivity index (χ1) is 10.1. The Morgan fingerprint density at radius 2 is 1.62 bits per heavy atom. The molecule has 0 atom stereocenters. The lowest BCUT2D eigenvalue weighted by molar-refractivity contribution is -0.175. The Morgan fingerprint density at radius 3 is 2.14 bits per heavy atom. The van der Waals surface area contributed by atoms with Gasteiger partial charge in [-0.05, 0) is 45.1 Å². The number of imide groups is 1. The monoisotopic (exact) mass is 288 g/mol. The van der Waals surface area contributed by atoms with E-state index < -0.39 is 17.8 Å². The topological polar surface area (TPSA) is 66.9 Å². The molecule has 6 nitrogen and oxygen atoms in total. The quantitative estimate of drug-likeness (QED) is 0.762. The number of hydrogen-bond acceptors (Lipinski definition) is 5. The number of hydrogen-bond donors (Lipinski definition) is 0. The molecule has 1 saturated heterocycles. The van der Waals surface area contributed by atoms with Crippen LogP contribution in [0.5, 0.6) is 0 Å². The normalized spacial score (nSPS) is 19.8. The van der Waals surface area contributed by atoms with Gasteiger partial charge in [-0.2, -0.15) is 0 Å². The highest BCUT2D eigenvalue weighted by atomic mass is 16.7. The zero-order valence-corrected chi connectivity index (χ0v) is 11.7. The van der Waals surface area contributed by atoms with Crippen molar-refractivity contribution in [3.8, 4) is 0 Å². The predicted molar refractivity (Wildman–Crippen MR) is 73.3 cm³/mol. The molecule has 0 aromatic heterocycles. The van der Waals surface area contributed by atoms with Crippen molar-refractivity contribution in [1.29, 1.82) is 0 Å². The maximum Gasteiger partial charge on any atom is 0.336 e. The van der Waals surface area contributed by atoms with Gasteiger partial charge in [-0.25, -0.2) is 4.79 Å². The van der Waals surface area contributed by atoms with Crippen LogP contribution in [-0.2, 0) is 9.63 Å². The highest BCUT2D eigenvalue weighted by molar-refractivity contribution is 6.20. The number of carbonyl (C=O) groups excluding carboxylic acids is 3. The van der Waals surface area contributed by atoms with E-state index in [-0.39, 0.29) is 17.0 Å². The number of benzene rings is 1. The van der Waals surface area contributed by atoms with E-state index >= 15 is 0 Å². The Hall–Kier alpha value is -2.21. The zero-order valence-electron chi connectivity index (χ0n) is 11.7. The van der Waals surface area contributed by atoms with Gasteiger partial charge in [-0.1, -0.05) is 17.2 Å². The standard InChI is InChI=1S/C15H16N2O4/c1-16-8-6-10(7-9-16)15(20)21-17-13(18)11-4-2-3-5-12(11)14(17)19/h2-5,10H,6-9H2,1H3. The van der Waals surface area contributed by atoms with E-state index in [2.05, 4.69) is 4.90 Å². The average molecular weight is 288 g/mol. The Bertz CT molecular complexity index is 570. The zero-order chi connectivity index (χ0) is 15.0. The number of carbonyl (C=O) groups is 3. The molecule has 0 radical (unpaired) electrons. The van der Waals surface area contributed by atoms with Crippen LogP contribution in [0.1, 0.15) is 33.6 Å². The van der Waals surface area contributed by atoms with Crippen LogP contribution in [0, 0.1) is 5.92 Å². The molecule has 0 saturated carbocycles. The SMILES string of the molecule is CN1CCC(C(=O)ON2C(=O)c3ccccc3C2=O)CC1. The highest BCUT2D eigenvalue weighted by Gasteiger charge is 2.39. The smallest absolute Gasteiger partial charge is 0.329 e. The summed E-state index contributed by atoms with van der Waals surface area (Å²) in [6.45, 7) is 1.61. The molecule has 3 rings (SSSR count). The maximum absolute atomic E-state index is 12.1. The van der Waals surface area contributed by atoms with Gasteiger partial charge >= 0.3 is 5.97 Å². The summed E-state index contributed by atoms with van der Waals surface area (Å²) in [6, 6.07) is 6.45. The van der Waals surface area contributed by atoms with Gasteiger partial charge in [0, 0.05) is 0 Å². The first-order valence-electron chi connectivity index (χ1n) is 6.96. The van der Waals surface area contributed by atoms with Crippen molar-refractivity contribution in [3.05, 3.63) is 35.4 Å². The lowest BCUT2D eigenvalue weighted by atomic mass is 9.98. The van der Waals surface area contributed by atoms with Crippen LogP contribution in [0.25, 0.3) is 0 Å². The van der Waals surface area contributed by atoms with Gasteiger partial charge in [0.2, 0.25) is 0 Å². The molecule has 0 spiro atoms. The van der Waals surface area contributed by atoms with E-state index in [1.807, 2.05) is 7.05 Å². The fourth-order valence-corrected chi connectivity index (χ4v) is 2.66. The van der Waals surface area contributed by atoms with Crippen molar-refractivity contribution in [2.75, 3.05) is 20.1 Å². The van der Waals surface area contributed by atoms with Gasteiger partial charge < -0.3 is 9.74 Å². The minimum atomic E-state index is -0.572. The van der Waals surface area contributed by atoms with Gasteiger partial charge in [0.25, 0.3) is 11.8 Å². The van der Waals surface area contributed by atoms with E-state index in [9.17, 15) is 14.4 Å². The van der Waals surface area contributed by atoms with Crippen molar-refractivity contribution >= 4 is 17.8 Å². The van der Waals surface area contributed by atoms with E-state index in [4.69, 9.17) is 4.84 Å². The number of piperidine rings is 1. The molecule has 1 aromatic rings. The molecule has 1 fully saturated rings. The van der Waals surface area contributed by atoms with E-state index in [1.165, 1.54) is 0 Å². The third kappa shape index (κ3) is 2.42. The fourth-order valence-electron chi connectivity index (χ4n) is 2.66. The van der Waals surface area contributed by atoms with Crippen molar-refractivity contribution in [2.24, 2.45) is 5.92 Å².